The molecule has 0 saturated carbocycles. The van der Waals surface area contributed by atoms with Crippen molar-refractivity contribution in [1.82, 2.24) is 9.62 Å². The lowest BCUT2D eigenvalue weighted by molar-refractivity contribution is 0.0950. The van der Waals surface area contributed by atoms with Crippen molar-refractivity contribution in [1.29, 1.82) is 0 Å². The van der Waals surface area contributed by atoms with E-state index in [-0.39, 0.29) is 16.8 Å². The smallest absolute Gasteiger partial charge is 0.251 e. The first-order valence-corrected chi connectivity index (χ1v) is 10.9. The van der Waals surface area contributed by atoms with Crippen LogP contribution in [0.2, 0.25) is 0 Å². The van der Waals surface area contributed by atoms with Crippen LogP contribution in [-0.4, -0.2) is 38.3 Å². The number of methoxy groups -OCH3 is 1. The highest BCUT2D eigenvalue weighted by Gasteiger charge is 2.30. The predicted octanol–water partition coefficient (Wildman–Crippen LogP) is 3.19. The normalized spacial score (nSPS) is 17.9. The number of piperidine rings is 1. The molecule has 1 atom stereocenters. The van der Waals surface area contributed by atoms with Gasteiger partial charge < -0.3 is 10.1 Å². The van der Waals surface area contributed by atoms with E-state index in [1.165, 1.54) is 12.1 Å². The summed E-state index contributed by atoms with van der Waals surface area (Å²) < 4.78 is 32.6. The molecule has 1 heterocycles. The van der Waals surface area contributed by atoms with E-state index in [9.17, 15) is 13.2 Å². The van der Waals surface area contributed by atoms with Gasteiger partial charge in [0.1, 0.15) is 5.75 Å². The van der Waals surface area contributed by atoms with E-state index in [4.69, 9.17) is 4.74 Å². The van der Waals surface area contributed by atoms with Gasteiger partial charge in [0.2, 0.25) is 10.0 Å². The van der Waals surface area contributed by atoms with Gasteiger partial charge in [-0.25, -0.2) is 8.42 Å². The number of para-hydroxylation sites is 1. The number of carbonyl (C=O) groups excluding carboxylic acids is 1. The number of rotatable bonds is 6. The third-order valence-corrected chi connectivity index (χ3v) is 7.12. The first-order chi connectivity index (χ1) is 13.4. The number of nitrogens with one attached hydrogen (secondary N) is 1. The summed E-state index contributed by atoms with van der Waals surface area (Å²) in [5.74, 6) is 0.445. The molecule has 0 spiro atoms. The van der Waals surface area contributed by atoms with Crippen LogP contribution in [0.1, 0.15) is 42.1 Å². The van der Waals surface area contributed by atoms with E-state index in [1.54, 1.807) is 23.5 Å². The average molecular weight is 403 g/mol. The van der Waals surface area contributed by atoms with Gasteiger partial charge in [-0.15, -0.1) is 0 Å². The zero-order valence-electron chi connectivity index (χ0n) is 16.2. The number of hydrogen-bond donors (Lipinski definition) is 1. The average Bonchev–Trinajstić information content (AvgIpc) is 2.72. The third-order valence-electron chi connectivity index (χ3n) is 5.10. The van der Waals surface area contributed by atoms with Gasteiger partial charge in [0.25, 0.3) is 5.91 Å². The summed E-state index contributed by atoms with van der Waals surface area (Å²) in [7, 11) is -1.95. The van der Waals surface area contributed by atoms with Crippen LogP contribution >= 0.6 is 0 Å². The second-order valence-corrected chi connectivity index (χ2v) is 8.87. The van der Waals surface area contributed by atoms with Crippen LogP contribution in [-0.2, 0) is 16.6 Å². The molecule has 2 aromatic carbocycles. The Hall–Kier alpha value is -2.38. The Morgan fingerprint density at radius 3 is 2.54 bits per heavy atom. The molecule has 1 aliphatic heterocycles. The van der Waals surface area contributed by atoms with Crippen molar-refractivity contribution in [2.45, 2.75) is 43.7 Å². The zero-order chi connectivity index (χ0) is 20.1. The summed E-state index contributed by atoms with van der Waals surface area (Å²) in [5, 5.41) is 2.84. The van der Waals surface area contributed by atoms with Crippen molar-refractivity contribution in [3.63, 3.8) is 0 Å². The standard InChI is InChI=1S/C21H26N2O4S/c1-16-7-5-6-14-23(16)28(25,26)19-12-10-17(11-13-19)21(24)22-15-18-8-3-4-9-20(18)27-2/h3-4,8-13,16H,5-7,14-15H2,1-2H3,(H,22,24). The van der Waals surface area contributed by atoms with Gasteiger partial charge in [-0.2, -0.15) is 4.31 Å². The van der Waals surface area contributed by atoms with E-state index in [1.807, 2.05) is 31.2 Å². The summed E-state index contributed by atoms with van der Waals surface area (Å²) in [5.41, 5.74) is 1.29. The number of nitrogens with zero attached hydrogens (tertiary/aromatic N) is 1. The molecule has 3 rings (SSSR count). The van der Waals surface area contributed by atoms with Gasteiger partial charge in [0, 0.05) is 30.3 Å². The van der Waals surface area contributed by atoms with Crippen LogP contribution in [0.25, 0.3) is 0 Å². The summed E-state index contributed by atoms with van der Waals surface area (Å²) in [6, 6.07) is 13.6. The SMILES string of the molecule is COc1ccccc1CNC(=O)c1ccc(S(=O)(=O)N2CCCCC2C)cc1. The first-order valence-electron chi connectivity index (χ1n) is 9.45. The predicted molar refractivity (Wildman–Crippen MR) is 108 cm³/mol. The number of amides is 1. The molecule has 0 radical (unpaired) electrons. The number of carbonyl (C=O) groups is 1. The summed E-state index contributed by atoms with van der Waals surface area (Å²) in [6.45, 7) is 2.81. The lowest BCUT2D eigenvalue weighted by atomic mass is 10.1. The van der Waals surface area contributed by atoms with E-state index >= 15 is 0 Å². The molecular formula is C21H26N2O4S. The highest BCUT2D eigenvalue weighted by molar-refractivity contribution is 7.89. The minimum Gasteiger partial charge on any atom is -0.496 e. The molecule has 6 nitrogen and oxygen atoms in total. The fourth-order valence-electron chi connectivity index (χ4n) is 3.47. The molecule has 1 unspecified atom stereocenters. The Bertz CT molecular complexity index is 926. The van der Waals surface area contributed by atoms with Gasteiger partial charge in [-0.1, -0.05) is 24.6 Å². The van der Waals surface area contributed by atoms with Crippen molar-refractivity contribution in [3.8, 4) is 5.75 Å². The molecule has 1 fully saturated rings. The summed E-state index contributed by atoms with van der Waals surface area (Å²) in [6.07, 6.45) is 2.81. The van der Waals surface area contributed by atoms with Crippen LogP contribution in [0, 0.1) is 0 Å². The van der Waals surface area contributed by atoms with Crippen LogP contribution < -0.4 is 10.1 Å². The zero-order valence-corrected chi connectivity index (χ0v) is 17.0. The van der Waals surface area contributed by atoms with Crippen molar-refractivity contribution < 1.29 is 17.9 Å². The van der Waals surface area contributed by atoms with E-state index in [0.29, 0.717) is 24.4 Å². The summed E-state index contributed by atoms with van der Waals surface area (Å²) >= 11 is 0. The number of benzene rings is 2. The van der Waals surface area contributed by atoms with Crippen LogP contribution in [0.3, 0.4) is 0 Å². The van der Waals surface area contributed by atoms with E-state index in [0.717, 1.165) is 24.8 Å². The molecule has 0 bridgehead atoms. The van der Waals surface area contributed by atoms with E-state index in [2.05, 4.69) is 5.32 Å². The van der Waals surface area contributed by atoms with Gasteiger partial charge in [-0.3, -0.25) is 4.79 Å². The van der Waals surface area contributed by atoms with Crippen molar-refractivity contribution in [2.75, 3.05) is 13.7 Å². The van der Waals surface area contributed by atoms with Crippen LogP contribution in [0.5, 0.6) is 5.75 Å². The quantitative estimate of drug-likeness (QED) is 0.805. The Morgan fingerprint density at radius 2 is 1.86 bits per heavy atom. The molecule has 0 aliphatic carbocycles. The third kappa shape index (κ3) is 4.36. The van der Waals surface area contributed by atoms with Gasteiger partial charge in [-0.05, 0) is 50.1 Å². The van der Waals surface area contributed by atoms with Crippen molar-refractivity contribution in [2.24, 2.45) is 0 Å². The molecular weight excluding hydrogens is 376 g/mol. The number of ether oxygens (including phenoxy) is 1. The molecule has 150 valence electrons. The minimum absolute atomic E-state index is 0.00239. The van der Waals surface area contributed by atoms with E-state index < -0.39 is 10.0 Å². The lowest BCUT2D eigenvalue weighted by Crippen LogP contribution is -2.41. The maximum Gasteiger partial charge on any atom is 0.251 e. The minimum atomic E-state index is -3.53. The Morgan fingerprint density at radius 1 is 1.14 bits per heavy atom. The molecule has 1 N–H and O–H groups in total. The number of sulfonamides is 1. The fraction of sp³-hybridized carbons (Fsp3) is 0.381. The molecule has 1 aliphatic rings. The molecule has 2 aromatic rings. The van der Waals surface area contributed by atoms with Crippen LogP contribution in [0.4, 0.5) is 0 Å². The largest absolute Gasteiger partial charge is 0.496 e. The first kappa shape index (κ1) is 20.4. The maximum atomic E-state index is 12.9. The molecule has 7 heteroatoms. The molecule has 28 heavy (non-hydrogen) atoms. The topological polar surface area (TPSA) is 75.7 Å². The van der Waals surface area contributed by atoms with Gasteiger partial charge >= 0.3 is 0 Å². The maximum absolute atomic E-state index is 12.9. The monoisotopic (exact) mass is 402 g/mol. The second-order valence-electron chi connectivity index (χ2n) is 6.98. The highest BCUT2D eigenvalue weighted by Crippen LogP contribution is 2.25. The Balaban J connectivity index is 1.69. The lowest BCUT2D eigenvalue weighted by Gasteiger charge is -2.32. The fourth-order valence-corrected chi connectivity index (χ4v) is 5.17. The highest BCUT2D eigenvalue weighted by atomic mass is 32.2. The second kappa shape index (κ2) is 8.75. The van der Waals surface area contributed by atoms with Gasteiger partial charge in [0.15, 0.2) is 0 Å². The Labute approximate surface area is 166 Å². The Kier molecular flexibility index (Phi) is 6.36. The van der Waals surface area contributed by atoms with Crippen LogP contribution in [0.15, 0.2) is 53.4 Å². The van der Waals surface area contributed by atoms with Crippen molar-refractivity contribution in [3.05, 3.63) is 59.7 Å². The van der Waals surface area contributed by atoms with Gasteiger partial charge in [0.05, 0.1) is 12.0 Å². The molecule has 0 aromatic heterocycles. The number of hydrogen-bond acceptors (Lipinski definition) is 4. The van der Waals surface area contributed by atoms with Crippen molar-refractivity contribution >= 4 is 15.9 Å². The summed E-state index contributed by atoms with van der Waals surface area (Å²) in [4.78, 5) is 12.6. The molecule has 1 saturated heterocycles. The molecule has 1 amide bonds.